The normalized spacial score (nSPS) is 17.7. The van der Waals surface area contributed by atoms with Crippen LogP contribution in [-0.2, 0) is 14.2 Å². The van der Waals surface area contributed by atoms with Crippen LogP contribution in [0.15, 0.2) is 0 Å². The Morgan fingerprint density at radius 3 is 2.39 bits per heavy atom. The molecule has 0 aliphatic heterocycles. The van der Waals surface area contributed by atoms with Crippen LogP contribution in [0.2, 0.25) is 0 Å². The van der Waals surface area contributed by atoms with E-state index in [2.05, 4.69) is 5.32 Å². The first-order valence-corrected chi connectivity index (χ1v) is 7.09. The van der Waals surface area contributed by atoms with Crippen LogP contribution in [-0.4, -0.2) is 53.7 Å². The second kappa shape index (κ2) is 9.73. The monoisotopic (exact) mass is 259 g/mol. The molecule has 0 radical (unpaired) electrons. The van der Waals surface area contributed by atoms with Crippen LogP contribution >= 0.6 is 0 Å². The van der Waals surface area contributed by atoms with Crippen molar-refractivity contribution >= 4 is 0 Å². The maximum atomic E-state index is 5.52. The van der Waals surface area contributed by atoms with E-state index in [0.717, 1.165) is 39.3 Å². The number of hydrogen-bond acceptors (Lipinski definition) is 4. The lowest BCUT2D eigenvalue weighted by Crippen LogP contribution is -2.41. The van der Waals surface area contributed by atoms with Crippen LogP contribution in [0, 0.1) is 5.41 Å². The standard InChI is InChI=1S/C14H29NO3/c1-16-10-8-15-13-14(5-3-6-14)7-4-9-18-12-11-17-2/h15H,3-13H2,1-2H3. The molecule has 4 heteroatoms. The zero-order valence-corrected chi connectivity index (χ0v) is 12.0. The summed E-state index contributed by atoms with van der Waals surface area (Å²) in [6.45, 7) is 5.18. The van der Waals surface area contributed by atoms with Gasteiger partial charge in [-0.25, -0.2) is 0 Å². The van der Waals surface area contributed by atoms with E-state index >= 15 is 0 Å². The third-order valence-electron chi connectivity index (χ3n) is 3.82. The molecule has 0 aromatic rings. The highest BCUT2D eigenvalue weighted by molar-refractivity contribution is 4.89. The summed E-state index contributed by atoms with van der Waals surface area (Å²) in [5.74, 6) is 0. The molecule has 0 heterocycles. The van der Waals surface area contributed by atoms with Crippen molar-refractivity contribution in [3.8, 4) is 0 Å². The second-order valence-corrected chi connectivity index (χ2v) is 5.23. The Morgan fingerprint density at radius 2 is 1.78 bits per heavy atom. The van der Waals surface area contributed by atoms with Gasteiger partial charge in [0.05, 0.1) is 19.8 Å². The summed E-state index contributed by atoms with van der Waals surface area (Å²) in [6, 6.07) is 0. The molecule has 0 saturated heterocycles. The lowest BCUT2D eigenvalue weighted by molar-refractivity contribution is 0.0513. The summed E-state index contributed by atoms with van der Waals surface area (Å²) in [5.41, 5.74) is 0.540. The summed E-state index contributed by atoms with van der Waals surface area (Å²) in [7, 11) is 3.45. The van der Waals surface area contributed by atoms with Gasteiger partial charge in [0.1, 0.15) is 0 Å². The highest BCUT2D eigenvalue weighted by Gasteiger charge is 2.35. The summed E-state index contributed by atoms with van der Waals surface area (Å²) >= 11 is 0. The molecule has 0 aromatic heterocycles. The van der Waals surface area contributed by atoms with Gasteiger partial charge in [0, 0.05) is 33.9 Å². The molecule has 1 aliphatic rings. The maximum absolute atomic E-state index is 5.52. The van der Waals surface area contributed by atoms with Gasteiger partial charge in [-0.2, -0.15) is 0 Å². The van der Waals surface area contributed by atoms with Crippen molar-refractivity contribution < 1.29 is 14.2 Å². The van der Waals surface area contributed by atoms with E-state index < -0.39 is 0 Å². The third-order valence-corrected chi connectivity index (χ3v) is 3.82. The quantitative estimate of drug-likeness (QED) is 0.543. The Kier molecular flexibility index (Phi) is 8.59. The van der Waals surface area contributed by atoms with Gasteiger partial charge in [0.15, 0.2) is 0 Å². The van der Waals surface area contributed by atoms with Crippen molar-refractivity contribution in [2.24, 2.45) is 5.41 Å². The molecule has 0 atom stereocenters. The number of methoxy groups -OCH3 is 2. The molecular formula is C14H29NO3. The van der Waals surface area contributed by atoms with Gasteiger partial charge in [0.2, 0.25) is 0 Å². The summed E-state index contributed by atoms with van der Waals surface area (Å²) in [4.78, 5) is 0. The Balaban J connectivity index is 2.01. The zero-order valence-electron chi connectivity index (χ0n) is 12.0. The molecule has 18 heavy (non-hydrogen) atoms. The van der Waals surface area contributed by atoms with E-state index in [1.165, 1.54) is 25.7 Å². The van der Waals surface area contributed by atoms with Crippen LogP contribution in [0.4, 0.5) is 0 Å². The van der Waals surface area contributed by atoms with E-state index in [9.17, 15) is 0 Å². The predicted molar refractivity (Wildman–Crippen MR) is 73.0 cm³/mol. The van der Waals surface area contributed by atoms with E-state index in [0.29, 0.717) is 12.0 Å². The minimum atomic E-state index is 0.540. The summed E-state index contributed by atoms with van der Waals surface area (Å²) in [5, 5.41) is 3.50. The van der Waals surface area contributed by atoms with E-state index in [1.54, 1.807) is 14.2 Å². The maximum Gasteiger partial charge on any atom is 0.0700 e. The van der Waals surface area contributed by atoms with Crippen LogP contribution < -0.4 is 5.32 Å². The molecule has 0 amide bonds. The van der Waals surface area contributed by atoms with E-state index in [1.807, 2.05) is 0 Å². The lowest BCUT2D eigenvalue weighted by atomic mass is 9.66. The number of rotatable bonds is 12. The van der Waals surface area contributed by atoms with Gasteiger partial charge >= 0.3 is 0 Å². The minimum absolute atomic E-state index is 0.540. The number of hydrogen-bond donors (Lipinski definition) is 1. The largest absolute Gasteiger partial charge is 0.383 e. The Labute approximate surface area is 111 Å². The first kappa shape index (κ1) is 15.9. The zero-order chi connectivity index (χ0) is 13.1. The SMILES string of the molecule is COCCNCC1(CCCOCCOC)CCC1. The lowest BCUT2D eigenvalue weighted by Gasteiger charge is -2.42. The number of nitrogens with one attached hydrogen (secondary N) is 1. The van der Waals surface area contributed by atoms with Crippen LogP contribution in [0.25, 0.3) is 0 Å². The van der Waals surface area contributed by atoms with Crippen molar-refractivity contribution in [3.63, 3.8) is 0 Å². The Morgan fingerprint density at radius 1 is 1.00 bits per heavy atom. The van der Waals surface area contributed by atoms with Crippen molar-refractivity contribution in [2.45, 2.75) is 32.1 Å². The van der Waals surface area contributed by atoms with Crippen molar-refractivity contribution in [2.75, 3.05) is 53.7 Å². The fraction of sp³-hybridized carbons (Fsp3) is 1.00. The summed E-state index contributed by atoms with van der Waals surface area (Å²) < 4.78 is 15.5. The average molecular weight is 259 g/mol. The van der Waals surface area contributed by atoms with Crippen molar-refractivity contribution in [1.29, 1.82) is 0 Å². The molecule has 0 unspecified atom stereocenters. The van der Waals surface area contributed by atoms with Crippen LogP contribution in [0.1, 0.15) is 32.1 Å². The van der Waals surface area contributed by atoms with Gasteiger partial charge in [-0.1, -0.05) is 6.42 Å². The topological polar surface area (TPSA) is 39.7 Å². The van der Waals surface area contributed by atoms with Crippen LogP contribution in [0.3, 0.4) is 0 Å². The molecule has 4 nitrogen and oxygen atoms in total. The Bertz CT molecular complexity index is 195. The molecule has 1 rings (SSSR count). The molecular weight excluding hydrogens is 230 g/mol. The van der Waals surface area contributed by atoms with Crippen LogP contribution in [0.5, 0.6) is 0 Å². The average Bonchev–Trinajstić information content (AvgIpc) is 2.34. The molecule has 108 valence electrons. The molecule has 1 N–H and O–H groups in total. The second-order valence-electron chi connectivity index (χ2n) is 5.23. The van der Waals surface area contributed by atoms with Crippen molar-refractivity contribution in [3.05, 3.63) is 0 Å². The van der Waals surface area contributed by atoms with Gasteiger partial charge in [-0.3, -0.25) is 0 Å². The highest BCUT2D eigenvalue weighted by Crippen LogP contribution is 2.44. The summed E-state index contributed by atoms with van der Waals surface area (Å²) in [6.07, 6.45) is 6.56. The first-order valence-electron chi connectivity index (χ1n) is 7.09. The van der Waals surface area contributed by atoms with Gasteiger partial charge in [-0.05, 0) is 31.1 Å². The first-order chi connectivity index (χ1) is 8.83. The van der Waals surface area contributed by atoms with Gasteiger partial charge < -0.3 is 19.5 Å². The van der Waals surface area contributed by atoms with Crippen molar-refractivity contribution in [1.82, 2.24) is 5.32 Å². The molecule has 1 fully saturated rings. The van der Waals surface area contributed by atoms with Gasteiger partial charge in [-0.15, -0.1) is 0 Å². The highest BCUT2D eigenvalue weighted by atomic mass is 16.5. The van der Waals surface area contributed by atoms with Gasteiger partial charge in [0.25, 0.3) is 0 Å². The fourth-order valence-electron chi connectivity index (χ4n) is 2.51. The smallest absolute Gasteiger partial charge is 0.0700 e. The molecule has 1 saturated carbocycles. The molecule has 0 bridgehead atoms. The minimum Gasteiger partial charge on any atom is -0.383 e. The number of ether oxygens (including phenoxy) is 3. The Hall–Kier alpha value is -0.160. The molecule has 0 spiro atoms. The molecule has 0 aromatic carbocycles. The predicted octanol–water partition coefficient (Wildman–Crippen LogP) is 1.84. The van der Waals surface area contributed by atoms with E-state index in [-0.39, 0.29) is 0 Å². The fourth-order valence-corrected chi connectivity index (χ4v) is 2.51. The molecule has 1 aliphatic carbocycles. The third kappa shape index (κ3) is 6.14. The van der Waals surface area contributed by atoms with E-state index in [4.69, 9.17) is 14.2 Å².